The molecular weight excluding hydrogens is 557 g/mol. The van der Waals surface area contributed by atoms with Crippen molar-refractivity contribution >= 4 is 22.5 Å². The zero-order valence-electron chi connectivity index (χ0n) is 24.0. The number of nitrogens with one attached hydrogen (secondary N) is 1. The number of carbonyl (C=O) groups excluding carboxylic acids is 1. The number of pyridine rings is 2. The molecule has 0 radical (unpaired) electrons. The van der Waals surface area contributed by atoms with E-state index in [0.29, 0.717) is 47.1 Å². The third-order valence-electron chi connectivity index (χ3n) is 7.65. The molecule has 1 amide bonds. The molecule has 1 aliphatic heterocycles. The summed E-state index contributed by atoms with van der Waals surface area (Å²) < 4.78 is 45.7. The molecule has 0 atom stereocenters. The maximum Gasteiger partial charge on any atom is 0.267 e. The fraction of sp³-hybridized carbons (Fsp3) is 0.344. The van der Waals surface area contributed by atoms with Gasteiger partial charge >= 0.3 is 0 Å². The monoisotopic (exact) mass is 589 g/mol. The van der Waals surface area contributed by atoms with Crippen molar-refractivity contribution in [2.75, 3.05) is 32.2 Å². The van der Waals surface area contributed by atoms with Crippen molar-refractivity contribution in [3.05, 3.63) is 70.5 Å². The molecule has 10 nitrogen and oxygen atoms in total. The number of ether oxygens (including phenoxy) is 5. The Kier molecular flexibility index (Phi) is 8.04. The van der Waals surface area contributed by atoms with Crippen LogP contribution in [-0.2, 0) is 0 Å². The van der Waals surface area contributed by atoms with Crippen LogP contribution in [-0.4, -0.2) is 42.4 Å². The number of amides is 1. The van der Waals surface area contributed by atoms with E-state index in [1.54, 1.807) is 35.9 Å². The second kappa shape index (κ2) is 12.2. The molecule has 2 aromatic heterocycles. The Bertz CT molecular complexity index is 1730. The van der Waals surface area contributed by atoms with Crippen LogP contribution in [0.2, 0.25) is 0 Å². The third-order valence-corrected chi connectivity index (χ3v) is 7.65. The van der Waals surface area contributed by atoms with Gasteiger partial charge in [0.1, 0.15) is 30.3 Å². The molecule has 1 saturated carbocycles. The van der Waals surface area contributed by atoms with Gasteiger partial charge in [-0.15, -0.1) is 0 Å². The van der Waals surface area contributed by atoms with E-state index in [2.05, 4.69) is 10.3 Å². The van der Waals surface area contributed by atoms with Crippen molar-refractivity contribution in [1.82, 2.24) is 9.55 Å². The van der Waals surface area contributed by atoms with E-state index in [0.717, 1.165) is 38.2 Å². The molecule has 2 aliphatic rings. The summed E-state index contributed by atoms with van der Waals surface area (Å²) in [6.07, 6.45) is 8.19. The average Bonchev–Trinajstić information content (AvgIpc) is 3.02. The van der Waals surface area contributed by atoms with Crippen LogP contribution in [0.25, 0.3) is 10.9 Å². The molecule has 0 spiro atoms. The van der Waals surface area contributed by atoms with Crippen molar-refractivity contribution < 1.29 is 32.9 Å². The van der Waals surface area contributed by atoms with Gasteiger partial charge in [-0.25, -0.2) is 4.39 Å². The Morgan fingerprint density at radius 1 is 1.02 bits per heavy atom. The topological polar surface area (TPSA) is 110 Å². The molecule has 3 heterocycles. The van der Waals surface area contributed by atoms with E-state index < -0.39 is 17.3 Å². The number of methoxy groups -OCH3 is 1. The van der Waals surface area contributed by atoms with E-state index >= 15 is 4.39 Å². The lowest BCUT2D eigenvalue weighted by Crippen LogP contribution is -2.32. The zero-order chi connectivity index (χ0) is 29.9. The highest BCUT2D eigenvalue weighted by atomic mass is 19.1. The first kappa shape index (κ1) is 28.3. The first-order chi connectivity index (χ1) is 21.0. The molecule has 1 aliphatic carbocycles. The van der Waals surface area contributed by atoms with Gasteiger partial charge in [-0.05, 0) is 44.0 Å². The number of fused-ring (bicyclic) bond motifs is 3. The van der Waals surface area contributed by atoms with Crippen molar-refractivity contribution in [2.45, 2.75) is 45.1 Å². The van der Waals surface area contributed by atoms with Gasteiger partial charge in [0.2, 0.25) is 5.75 Å². The van der Waals surface area contributed by atoms with Gasteiger partial charge < -0.3 is 33.6 Å². The molecule has 4 aromatic rings. The number of aromatic nitrogens is 2. The molecule has 6 rings (SSSR count). The Labute approximate surface area is 247 Å². The number of nitrogens with zero attached hydrogens (tertiary/aromatic N) is 2. The summed E-state index contributed by atoms with van der Waals surface area (Å²) >= 11 is 0. The van der Waals surface area contributed by atoms with Crippen LogP contribution < -0.4 is 34.6 Å². The van der Waals surface area contributed by atoms with Crippen LogP contribution in [0, 0.1) is 5.82 Å². The van der Waals surface area contributed by atoms with E-state index in [1.165, 1.54) is 25.4 Å². The zero-order valence-corrected chi connectivity index (χ0v) is 24.0. The SMILES string of the molecule is CCOc1ccn(C2CCCCC2)c(=O)c1C(=O)Nc1ccc(Oc2ccnc3cc(OC)c4c(c23)OCCO4)c(F)c1. The van der Waals surface area contributed by atoms with Gasteiger partial charge in [0.25, 0.3) is 11.5 Å². The Morgan fingerprint density at radius 3 is 2.56 bits per heavy atom. The van der Waals surface area contributed by atoms with Crippen LogP contribution >= 0.6 is 0 Å². The summed E-state index contributed by atoms with van der Waals surface area (Å²) in [6.45, 7) is 2.74. The molecule has 11 heteroatoms. The minimum atomic E-state index is -0.722. The molecule has 0 saturated heterocycles. The summed E-state index contributed by atoms with van der Waals surface area (Å²) in [6, 6.07) is 9.02. The van der Waals surface area contributed by atoms with Gasteiger partial charge in [-0.2, -0.15) is 0 Å². The van der Waals surface area contributed by atoms with Crippen LogP contribution in [0.3, 0.4) is 0 Å². The maximum absolute atomic E-state index is 15.4. The molecule has 0 unspecified atom stereocenters. The van der Waals surface area contributed by atoms with Crippen molar-refractivity contribution in [2.24, 2.45) is 0 Å². The quantitative estimate of drug-likeness (QED) is 0.256. The second-order valence-electron chi connectivity index (χ2n) is 10.3. The minimum Gasteiger partial charge on any atom is -0.493 e. The van der Waals surface area contributed by atoms with Crippen LogP contribution in [0.5, 0.6) is 34.5 Å². The van der Waals surface area contributed by atoms with Gasteiger partial charge in [-0.1, -0.05) is 19.3 Å². The largest absolute Gasteiger partial charge is 0.493 e. The molecular formula is C32H32FN3O7. The van der Waals surface area contributed by atoms with Crippen molar-refractivity contribution in [1.29, 1.82) is 0 Å². The molecule has 0 bridgehead atoms. The summed E-state index contributed by atoms with van der Waals surface area (Å²) in [5, 5.41) is 3.17. The van der Waals surface area contributed by atoms with E-state index in [-0.39, 0.29) is 35.4 Å². The van der Waals surface area contributed by atoms with E-state index in [4.69, 9.17) is 23.7 Å². The average molecular weight is 590 g/mol. The third kappa shape index (κ3) is 5.54. The molecule has 2 aromatic carbocycles. The fourth-order valence-electron chi connectivity index (χ4n) is 5.65. The lowest BCUT2D eigenvalue weighted by molar-refractivity contribution is 0.102. The van der Waals surface area contributed by atoms with Crippen molar-refractivity contribution in [3.8, 4) is 34.5 Å². The summed E-state index contributed by atoms with van der Waals surface area (Å²) in [5.41, 5.74) is 0.144. The predicted molar refractivity (Wildman–Crippen MR) is 158 cm³/mol. The van der Waals surface area contributed by atoms with Gasteiger partial charge in [0.15, 0.2) is 23.1 Å². The Hall–Kier alpha value is -4.80. The number of rotatable bonds is 8. The molecule has 43 heavy (non-hydrogen) atoms. The standard InChI is InChI=1S/C32H32FN3O7/c1-3-40-24-12-14-36(20-7-5-4-6-8-20)32(38)28(24)31(37)35-19-9-10-23(21(33)17-19)43-25-11-13-34-22-18-26(39-2)29-30(27(22)25)42-16-15-41-29/h9-14,17-18,20H,3-8,15-16H2,1-2H3,(H,35,37). The van der Waals surface area contributed by atoms with Gasteiger partial charge in [-0.3, -0.25) is 14.6 Å². The molecule has 1 N–H and O–H groups in total. The second-order valence-corrected chi connectivity index (χ2v) is 10.3. The molecule has 1 fully saturated rings. The smallest absolute Gasteiger partial charge is 0.267 e. The lowest BCUT2D eigenvalue weighted by atomic mass is 9.95. The summed E-state index contributed by atoms with van der Waals surface area (Å²) in [4.78, 5) is 31.2. The van der Waals surface area contributed by atoms with Crippen molar-refractivity contribution in [3.63, 3.8) is 0 Å². The van der Waals surface area contributed by atoms with E-state index in [1.807, 2.05) is 0 Å². The normalized spacial score (nSPS) is 14.8. The van der Waals surface area contributed by atoms with Gasteiger partial charge in [0.05, 0.1) is 24.6 Å². The number of carbonyl (C=O) groups is 1. The number of benzene rings is 2. The van der Waals surface area contributed by atoms with Crippen LogP contribution in [0.4, 0.5) is 10.1 Å². The Morgan fingerprint density at radius 2 is 1.81 bits per heavy atom. The van der Waals surface area contributed by atoms with E-state index in [9.17, 15) is 9.59 Å². The highest BCUT2D eigenvalue weighted by Gasteiger charge is 2.26. The summed E-state index contributed by atoms with van der Waals surface area (Å²) in [7, 11) is 1.53. The highest BCUT2D eigenvalue weighted by Crippen LogP contribution is 2.48. The lowest BCUT2D eigenvalue weighted by Gasteiger charge is -2.25. The van der Waals surface area contributed by atoms with Crippen LogP contribution in [0.15, 0.2) is 53.6 Å². The summed E-state index contributed by atoms with van der Waals surface area (Å²) in [5.74, 6) is 0.305. The first-order valence-corrected chi connectivity index (χ1v) is 14.4. The number of anilines is 1. The van der Waals surface area contributed by atoms with Crippen LogP contribution in [0.1, 0.15) is 55.4 Å². The maximum atomic E-state index is 15.4. The predicted octanol–water partition coefficient (Wildman–Crippen LogP) is 6.26. The first-order valence-electron chi connectivity index (χ1n) is 14.4. The Balaban J connectivity index is 1.28. The molecule has 224 valence electrons. The highest BCUT2D eigenvalue weighted by molar-refractivity contribution is 6.06. The number of halogens is 1. The number of hydrogen-bond acceptors (Lipinski definition) is 8. The number of hydrogen-bond donors (Lipinski definition) is 1. The minimum absolute atomic E-state index is 0.0327. The van der Waals surface area contributed by atoms with Gasteiger partial charge in [0, 0.05) is 36.3 Å². The fourth-order valence-corrected chi connectivity index (χ4v) is 5.65.